The normalized spacial score (nSPS) is 12.8. The lowest BCUT2D eigenvalue weighted by Crippen LogP contribution is -2.52. The van der Waals surface area contributed by atoms with E-state index >= 15 is 0 Å². The van der Waals surface area contributed by atoms with Crippen LogP contribution < -0.4 is 9.62 Å². The summed E-state index contributed by atoms with van der Waals surface area (Å²) in [6, 6.07) is 21.6. The molecule has 0 saturated carbocycles. The van der Waals surface area contributed by atoms with Gasteiger partial charge in [0.1, 0.15) is 6.04 Å². The second-order valence-electron chi connectivity index (χ2n) is 10.8. The third-order valence-corrected chi connectivity index (χ3v) is 8.93. The molecule has 0 radical (unpaired) electrons. The quantitative estimate of drug-likeness (QED) is 0.240. The van der Waals surface area contributed by atoms with Crippen molar-refractivity contribution in [2.75, 3.05) is 17.1 Å². The summed E-state index contributed by atoms with van der Waals surface area (Å²) in [7, 11) is -3.59. The minimum atomic E-state index is -3.59. The smallest absolute Gasteiger partial charge is 0.243 e. The first-order valence-corrected chi connectivity index (χ1v) is 16.6. The number of nitrogens with one attached hydrogen (secondary N) is 1. The Labute approximate surface area is 255 Å². The number of hydrogen-bond acceptors (Lipinski definition) is 4. The molecule has 2 atom stereocenters. The number of halogens is 1. The van der Waals surface area contributed by atoms with Crippen LogP contribution in [-0.4, -0.2) is 50.0 Å². The average Bonchev–Trinajstić information content (AvgIpc) is 2.94. The zero-order valence-electron chi connectivity index (χ0n) is 25.1. The Bertz CT molecular complexity index is 1460. The molecule has 0 bridgehead atoms. The molecule has 0 aliphatic rings. The standard InChI is InChI=1S/C33H42ClN3O4S/c1-6-25(3)35-33(39)31(22-27-14-8-7-9-15-27)36(23-28-16-11-17-29(34)21-28)32(38)19-12-20-37(42(5,40)41)30-18-10-13-24(2)26(30)4/h7-11,13-18,21,25,31H,6,12,19-20,22-23H2,1-5H3,(H,35,39)/t25-,31-/m1/s1. The maximum atomic E-state index is 14.0. The number of benzene rings is 3. The van der Waals surface area contributed by atoms with Crippen molar-refractivity contribution in [3.8, 4) is 0 Å². The summed E-state index contributed by atoms with van der Waals surface area (Å²) >= 11 is 6.27. The molecule has 9 heteroatoms. The molecule has 1 N–H and O–H groups in total. The van der Waals surface area contributed by atoms with Gasteiger partial charge < -0.3 is 10.2 Å². The fourth-order valence-electron chi connectivity index (χ4n) is 4.82. The van der Waals surface area contributed by atoms with E-state index in [-0.39, 0.29) is 43.8 Å². The molecule has 0 aromatic heterocycles. The minimum Gasteiger partial charge on any atom is -0.352 e. The van der Waals surface area contributed by atoms with Crippen LogP contribution in [-0.2, 0) is 32.6 Å². The van der Waals surface area contributed by atoms with Gasteiger partial charge in [0.05, 0.1) is 11.9 Å². The van der Waals surface area contributed by atoms with Crippen LogP contribution in [0.5, 0.6) is 0 Å². The second kappa shape index (κ2) is 15.2. The number of sulfonamides is 1. The van der Waals surface area contributed by atoms with E-state index in [2.05, 4.69) is 5.32 Å². The topological polar surface area (TPSA) is 86.8 Å². The molecule has 0 aliphatic carbocycles. The lowest BCUT2D eigenvalue weighted by Gasteiger charge is -2.33. The molecule has 3 aromatic rings. The molecule has 3 aromatic carbocycles. The first-order chi connectivity index (χ1) is 19.9. The molecular weight excluding hydrogens is 570 g/mol. The molecule has 3 rings (SSSR count). The van der Waals surface area contributed by atoms with Crippen LogP contribution in [0.25, 0.3) is 0 Å². The highest BCUT2D eigenvalue weighted by Crippen LogP contribution is 2.26. The van der Waals surface area contributed by atoms with E-state index in [1.165, 1.54) is 10.6 Å². The van der Waals surface area contributed by atoms with Crippen molar-refractivity contribution in [3.05, 3.63) is 100 Å². The zero-order valence-corrected chi connectivity index (χ0v) is 26.7. The Morgan fingerprint density at radius 1 is 0.952 bits per heavy atom. The Balaban J connectivity index is 1.91. The minimum absolute atomic E-state index is 0.0558. The number of rotatable bonds is 14. The summed E-state index contributed by atoms with van der Waals surface area (Å²) in [6.07, 6.45) is 2.63. The van der Waals surface area contributed by atoms with Crippen molar-refractivity contribution in [2.45, 2.75) is 72.0 Å². The van der Waals surface area contributed by atoms with Gasteiger partial charge in [0.2, 0.25) is 21.8 Å². The van der Waals surface area contributed by atoms with E-state index in [4.69, 9.17) is 11.6 Å². The molecule has 0 unspecified atom stereocenters. The fraction of sp³-hybridized carbons (Fsp3) is 0.394. The van der Waals surface area contributed by atoms with Crippen molar-refractivity contribution in [1.82, 2.24) is 10.2 Å². The van der Waals surface area contributed by atoms with Gasteiger partial charge in [-0.3, -0.25) is 13.9 Å². The largest absolute Gasteiger partial charge is 0.352 e. The van der Waals surface area contributed by atoms with Gasteiger partial charge in [0, 0.05) is 37.0 Å². The van der Waals surface area contributed by atoms with E-state index < -0.39 is 16.1 Å². The van der Waals surface area contributed by atoms with E-state index in [1.54, 1.807) is 23.1 Å². The van der Waals surface area contributed by atoms with Crippen LogP contribution in [0.1, 0.15) is 55.4 Å². The van der Waals surface area contributed by atoms with Crippen LogP contribution in [0.2, 0.25) is 5.02 Å². The van der Waals surface area contributed by atoms with E-state index in [0.717, 1.165) is 28.7 Å². The number of anilines is 1. The highest BCUT2D eigenvalue weighted by atomic mass is 35.5. The lowest BCUT2D eigenvalue weighted by molar-refractivity contribution is -0.141. The van der Waals surface area contributed by atoms with E-state index in [1.807, 2.05) is 82.3 Å². The number of carbonyl (C=O) groups excluding carboxylic acids is 2. The molecule has 0 heterocycles. The lowest BCUT2D eigenvalue weighted by atomic mass is 10.0. The van der Waals surface area contributed by atoms with Crippen LogP contribution >= 0.6 is 11.6 Å². The predicted octanol–water partition coefficient (Wildman–Crippen LogP) is 6.06. The van der Waals surface area contributed by atoms with Crippen molar-refractivity contribution in [3.63, 3.8) is 0 Å². The van der Waals surface area contributed by atoms with Crippen molar-refractivity contribution in [1.29, 1.82) is 0 Å². The molecule has 226 valence electrons. The van der Waals surface area contributed by atoms with E-state index in [0.29, 0.717) is 17.1 Å². The summed E-state index contributed by atoms with van der Waals surface area (Å²) in [5.74, 6) is -0.457. The zero-order chi connectivity index (χ0) is 30.9. The van der Waals surface area contributed by atoms with E-state index in [9.17, 15) is 18.0 Å². The summed E-state index contributed by atoms with van der Waals surface area (Å²) in [5.41, 5.74) is 4.21. The van der Waals surface area contributed by atoms with Gasteiger partial charge in [0.15, 0.2) is 0 Å². The van der Waals surface area contributed by atoms with Gasteiger partial charge in [-0.15, -0.1) is 0 Å². The maximum absolute atomic E-state index is 14.0. The van der Waals surface area contributed by atoms with Crippen molar-refractivity contribution in [2.24, 2.45) is 0 Å². The molecule has 7 nitrogen and oxygen atoms in total. The average molecular weight is 612 g/mol. The third kappa shape index (κ3) is 9.33. The molecular formula is C33H42ClN3O4S. The van der Waals surface area contributed by atoms with Gasteiger partial charge in [-0.25, -0.2) is 8.42 Å². The molecule has 0 spiro atoms. The predicted molar refractivity (Wildman–Crippen MR) is 171 cm³/mol. The monoisotopic (exact) mass is 611 g/mol. The Morgan fingerprint density at radius 2 is 1.62 bits per heavy atom. The second-order valence-corrected chi connectivity index (χ2v) is 13.2. The maximum Gasteiger partial charge on any atom is 0.243 e. The van der Waals surface area contributed by atoms with Gasteiger partial charge in [-0.1, -0.05) is 73.1 Å². The summed E-state index contributed by atoms with van der Waals surface area (Å²) in [6.45, 7) is 8.10. The van der Waals surface area contributed by atoms with Gasteiger partial charge >= 0.3 is 0 Å². The summed E-state index contributed by atoms with van der Waals surface area (Å²) in [4.78, 5) is 29.2. The fourth-order valence-corrected chi connectivity index (χ4v) is 6.04. The summed E-state index contributed by atoms with van der Waals surface area (Å²) < 4.78 is 26.9. The number of nitrogens with zero attached hydrogens (tertiary/aromatic N) is 2. The molecule has 0 fully saturated rings. The number of aryl methyl sites for hydroxylation is 1. The number of amides is 2. The molecule has 0 saturated heterocycles. The van der Waals surface area contributed by atoms with Gasteiger partial charge in [-0.05, 0) is 74.1 Å². The van der Waals surface area contributed by atoms with Crippen molar-refractivity contribution < 1.29 is 18.0 Å². The Kier molecular flexibility index (Phi) is 12.0. The highest BCUT2D eigenvalue weighted by molar-refractivity contribution is 7.92. The van der Waals surface area contributed by atoms with Crippen LogP contribution in [0, 0.1) is 13.8 Å². The number of carbonyl (C=O) groups is 2. The Morgan fingerprint density at radius 3 is 2.26 bits per heavy atom. The first kappa shape index (κ1) is 33.1. The third-order valence-electron chi connectivity index (χ3n) is 7.51. The summed E-state index contributed by atoms with van der Waals surface area (Å²) in [5, 5.41) is 3.61. The van der Waals surface area contributed by atoms with Gasteiger partial charge in [-0.2, -0.15) is 0 Å². The van der Waals surface area contributed by atoms with Crippen LogP contribution in [0.4, 0.5) is 5.69 Å². The Hall–Kier alpha value is -3.36. The number of hydrogen-bond donors (Lipinski definition) is 1. The van der Waals surface area contributed by atoms with Crippen molar-refractivity contribution >= 4 is 39.1 Å². The molecule has 42 heavy (non-hydrogen) atoms. The molecule has 0 aliphatic heterocycles. The van der Waals surface area contributed by atoms with Crippen LogP contribution in [0.15, 0.2) is 72.8 Å². The highest BCUT2D eigenvalue weighted by Gasteiger charge is 2.31. The molecule has 2 amide bonds. The first-order valence-electron chi connectivity index (χ1n) is 14.3. The SMILES string of the molecule is CC[C@@H](C)NC(=O)[C@@H](Cc1ccccc1)N(Cc1cccc(Cl)c1)C(=O)CCCN(c1cccc(C)c1C)S(C)(=O)=O. The van der Waals surface area contributed by atoms with Crippen LogP contribution in [0.3, 0.4) is 0 Å². The van der Waals surface area contributed by atoms with Gasteiger partial charge in [0.25, 0.3) is 0 Å².